The van der Waals surface area contributed by atoms with Gasteiger partial charge in [-0.15, -0.1) is 5.10 Å². The van der Waals surface area contributed by atoms with E-state index in [-0.39, 0.29) is 23.9 Å². The second kappa shape index (κ2) is 7.50. The van der Waals surface area contributed by atoms with Crippen LogP contribution in [0.4, 0.5) is 0 Å². The molecule has 0 radical (unpaired) electrons. The molecule has 1 aromatic heterocycles. The number of hydrogen-bond acceptors (Lipinski definition) is 6. The van der Waals surface area contributed by atoms with Crippen molar-refractivity contribution in [3.05, 3.63) is 29.3 Å². The molecule has 1 fully saturated rings. The number of thioether (sulfide) groups is 1. The third-order valence-electron chi connectivity index (χ3n) is 3.61. The number of carbonyl (C=O) groups excluding carboxylic acids is 1. The first-order valence-electron chi connectivity index (χ1n) is 7.63. The van der Waals surface area contributed by atoms with Gasteiger partial charge in [0.25, 0.3) is 0 Å². The van der Waals surface area contributed by atoms with Crippen molar-refractivity contribution in [3.63, 3.8) is 0 Å². The number of benzene rings is 1. The molecule has 0 aliphatic carbocycles. The van der Waals surface area contributed by atoms with Crippen molar-refractivity contribution in [2.45, 2.75) is 31.2 Å². The molecule has 24 heavy (non-hydrogen) atoms. The van der Waals surface area contributed by atoms with Crippen molar-refractivity contribution in [1.29, 1.82) is 0 Å². The molecule has 1 aliphatic heterocycles. The van der Waals surface area contributed by atoms with Crippen molar-refractivity contribution >= 4 is 29.3 Å². The molecule has 1 amide bonds. The van der Waals surface area contributed by atoms with E-state index < -0.39 is 0 Å². The number of hydrogen-bond donors (Lipinski definition) is 0. The lowest BCUT2D eigenvalue weighted by atomic mass is 10.2. The Morgan fingerprint density at radius 3 is 2.62 bits per heavy atom. The lowest BCUT2D eigenvalue weighted by Crippen LogP contribution is -2.48. The number of carbonyl (C=O) groups is 1. The van der Waals surface area contributed by atoms with Crippen LogP contribution >= 0.6 is 23.4 Å². The van der Waals surface area contributed by atoms with Crippen LogP contribution in [0.5, 0.6) is 0 Å². The molecule has 9 heteroatoms. The molecule has 2 heterocycles. The van der Waals surface area contributed by atoms with E-state index in [9.17, 15) is 4.79 Å². The minimum absolute atomic E-state index is 0.0575. The fraction of sp³-hybridized carbons (Fsp3) is 0.467. The highest BCUT2D eigenvalue weighted by atomic mass is 35.5. The lowest BCUT2D eigenvalue weighted by Gasteiger charge is -2.35. The summed E-state index contributed by atoms with van der Waals surface area (Å²) in [6, 6.07) is 7.20. The number of aromatic nitrogens is 4. The highest BCUT2D eigenvalue weighted by Gasteiger charge is 2.26. The summed E-state index contributed by atoms with van der Waals surface area (Å²) in [6.45, 7) is 5.19. The first-order valence-corrected chi connectivity index (χ1v) is 8.99. The number of ether oxygens (including phenoxy) is 1. The van der Waals surface area contributed by atoms with E-state index in [1.165, 1.54) is 11.8 Å². The molecule has 3 rings (SSSR count). The van der Waals surface area contributed by atoms with Gasteiger partial charge in [-0.05, 0) is 48.5 Å². The van der Waals surface area contributed by atoms with E-state index in [0.717, 1.165) is 5.69 Å². The van der Waals surface area contributed by atoms with E-state index in [4.69, 9.17) is 16.3 Å². The Morgan fingerprint density at radius 2 is 1.96 bits per heavy atom. The molecular formula is C15H18ClN5O2S. The first kappa shape index (κ1) is 17.2. The highest BCUT2D eigenvalue weighted by Crippen LogP contribution is 2.21. The fourth-order valence-electron chi connectivity index (χ4n) is 2.61. The molecule has 0 bridgehead atoms. The summed E-state index contributed by atoms with van der Waals surface area (Å²) in [5.41, 5.74) is 0.799. The number of nitrogens with zero attached hydrogens (tertiary/aromatic N) is 5. The smallest absolute Gasteiger partial charge is 0.233 e. The Bertz CT molecular complexity index is 698. The fourth-order valence-corrected chi connectivity index (χ4v) is 3.53. The minimum atomic E-state index is 0.0575. The monoisotopic (exact) mass is 367 g/mol. The van der Waals surface area contributed by atoms with Crippen LogP contribution in [0.2, 0.25) is 5.02 Å². The number of morpholine rings is 1. The van der Waals surface area contributed by atoms with Gasteiger partial charge in [0.1, 0.15) is 0 Å². The standard InChI is InChI=1S/C15H18ClN5O2S/c1-10-7-20(8-11(2)23-10)14(22)9-24-15-17-18-19-21(15)13-5-3-12(16)4-6-13/h3-6,10-11H,7-9H2,1-2H3/t10-,11-/m1/s1. The minimum Gasteiger partial charge on any atom is -0.372 e. The van der Waals surface area contributed by atoms with Crippen molar-refractivity contribution < 1.29 is 9.53 Å². The number of amides is 1. The number of tetrazole rings is 1. The zero-order valence-electron chi connectivity index (χ0n) is 13.4. The molecule has 2 atom stereocenters. The predicted molar refractivity (Wildman–Crippen MR) is 91.5 cm³/mol. The van der Waals surface area contributed by atoms with Gasteiger partial charge in [0.05, 0.1) is 23.6 Å². The van der Waals surface area contributed by atoms with Gasteiger partial charge in [-0.25, -0.2) is 0 Å². The van der Waals surface area contributed by atoms with Crippen LogP contribution in [0.15, 0.2) is 29.4 Å². The summed E-state index contributed by atoms with van der Waals surface area (Å²) in [4.78, 5) is 14.3. The molecule has 128 valence electrons. The number of halogens is 1. The molecule has 1 saturated heterocycles. The first-order chi connectivity index (χ1) is 11.5. The summed E-state index contributed by atoms with van der Waals surface area (Å²) in [6.07, 6.45) is 0.115. The average molecular weight is 368 g/mol. The summed E-state index contributed by atoms with van der Waals surface area (Å²) >= 11 is 7.22. The summed E-state index contributed by atoms with van der Waals surface area (Å²) in [5, 5.41) is 12.9. The second-order valence-corrected chi connectivity index (χ2v) is 7.07. The molecule has 0 spiro atoms. The zero-order chi connectivity index (χ0) is 17.1. The highest BCUT2D eigenvalue weighted by molar-refractivity contribution is 7.99. The van der Waals surface area contributed by atoms with Gasteiger partial charge in [0, 0.05) is 18.1 Å². The van der Waals surface area contributed by atoms with E-state index in [2.05, 4.69) is 15.5 Å². The van der Waals surface area contributed by atoms with Crippen LogP contribution in [0.3, 0.4) is 0 Å². The van der Waals surface area contributed by atoms with Gasteiger partial charge >= 0.3 is 0 Å². The third-order valence-corrected chi connectivity index (χ3v) is 4.77. The quantitative estimate of drug-likeness (QED) is 0.770. The van der Waals surface area contributed by atoms with Gasteiger partial charge in [0.2, 0.25) is 11.1 Å². The average Bonchev–Trinajstić information content (AvgIpc) is 3.01. The predicted octanol–water partition coefficient (Wildman–Crippen LogP) is 2.04. The maximum absolute atomic E-state index is 12.4. The molecular weight excluding hydrogens is 350 g/mol. The summed E-state index contributed by atoms with van der Waals surface area (Å²) in [7, 11) is 0. The van der Waals surface area contributed by atoms with Crippen LogP contribution in [0, 0.1) is 0 Å². The van der Waals surface area contributed by atoms with Gasteiger partial charge in [-0.1, -0.05) is 23.4 Å². The largest absolute Gasteiger partial charge is 0.372 e. The van der Waals surface area contributed by atoms with E-state index in [1.807, 2.05) is 30.9 Å². The maximum Gasteiger partial charge on any atom is 0.233 e. The van der Waals surface area contributed by atoms with Crippen LogP contribution in [0.25, 0.3) is 5.69 Å². The Kier molecular flexibility index (Phi) is 5.37. The Hall–Kier alpha value is -1.64. The van der Waals surface area contributed by atoms with Gasteiger partial charge < -0.3 is 9.64 Å². The molecule has 0 saturated carbocycles. The summed E-state index contributed by atoms with van der Waals surface area (Å²) in [5.74, 6) is 0.348. The number of rotatable bonds is 4. The molecule has 1 aromatic carbocycles. The SMILES string of the molecule is C[C@@H]1CN(C(=O)CSc2nnnn2-c2ccc(Cl)cc2)C[C@@H](C)O1. The molecule has 1 aliphatic rings. The van der Waals surface area contributed by atoms with E-state index in [0.29, 0.717) is 23.3 Å². The normalized spacial score (nSPS) is 21.0. The van der Waals surface area contributed by atoms with Crippen molar-refractivity contribution in [2.75, 3.05) is 18.8 Å². The van der Waals surface area contributed by atoms with Crippen LogP contribution in [-0.2, 0) is 9.53 Å². The van der Waals surface area contributed by atoms with Gasteiger partial charge in [-0.2, -0.15) is 4.68 Å². The van der Waals surface area contributed by atoms with Crippen molar-refractivity contribution in [3.8, 4) is 5.69 Å². The Morgan fingerprint density at radius 1 is 1.29 bits per heavy atom. The second-order valence-electron chi connectivity index (χ2n) is 5.69. The van der Waals surface area contributed by atoms with Gasteiger partial charge in [0.15, 0.2) is 0 Å². The molecule has 7 nitrogen and oxygen atoms in total. The summed E-state index contributed by atoms with van der Waals surface area (Å²) < 4.78 is 7.25. The lowest BCUT2D eigenvalue weighted by molar-refractivity contribution is -0.140. The Labute approximate surface area is 149 Å². The van der Waals surface area contributed by atoms with Crippen LogP contribution in [-0.4, -0.2) is 62.1 Å². The zero-order valence-corrected chi connectivity index (χ0v) is 15.0. The maximum atomic E-state index is 12.4. The third kappa shape index (κ3) is 4.06. The van der Waals surface area contributed by atoms with E-state index in [1.54, 1.807) is 16.8 Å². The molecule has 0 unspecified atom stereocenters. The van der Waals surface area contributed by atoms with Crippen molar-refractivity contribution in [2.24, 2.45) is 0 Å². The molecule has 0 N–H and O–H groups in total. The Balaban J connectivity index is 1.64. The topological polar surface area (TPSA) is 73.1 Å². The molecule has 2 aromatic rings. The van der Waals surface area contributed by atoms with E-state index >= 15 is 0 Å². The van der Waals surface area contributed by atoms with Crippen LogP contribution in [0.1, 0.15) is 13.8 Å². The van der Waals surface area contributed by atoms with Crippen molar-refractivity contribution in [1.82, 2.24) is 25.1 Å². The van der Waals surface area contributed by atoms with Crippen LogP contribution < -0.4 is 0 Å². The van der Waals surface area contributed by atoms with Gasteiger partial charge in [-0.3, -0.25) is 4.79 Å².